The summed E-state index contributed by atoms with van der Waals surface area (Å²) in [6.07, 6.45) is 2.77. The molecule has 0 unspecified atom stereocenters. The zero-order chi connectivity index (χ0) is 14.3. The first-order valence-corrected chi connectivity index (χ1v) is 7.49. The predicted octanol–water partition coefficient (Wildman–Crippen LogP) is 2.79. The maximum Gasteiger partial charge on any atom is 0.252 e. The molecule has 0 saturated carbocycles. The maximum absolute atomic E-state index is 12.2. The molecule has 1 aromatic heterocycles. The van der Waals surface area contributed by atoms with E-state index in [-0.39, 0.29) is 18.1 Å². The third kappa shape index (κ3) is 4.09. The standard InChI is InChI=1S/C15H21NO2S/c1-4-15(5-2,6-3)16-14(18)12-10-13(19-11-12)8-7-9-17/h10-11,17H,4-6,9H2,1-3H3,(H,16,18). The Morgan fingerprint density at radius 1 is 1.37 bits per heavy atom. The van der Waals surface area contributed by atoms with Crippen LogP contribution in [0.25, 0.3) is 0 Å². The van der Waals surface area contributed by atoms with Gasteiger partial charge >= 0.3 is 0 Å². The van der Waals surface area contributed by atoms with E-state index in [0.717, 1.165) is 24.1 Å². The Hall–Kier alpha value is -1.31. The van der Waals surface area contributed by atoms with Gasteiger partial charge in [0.05, 0.1) is 10.4 Å². The van der Waals surface area contributed by atoms with Crippen molar-refractivity contribution in [1.29, 1.82) is 0 Å². The molecule has 0 aliphatic rings. The molecule has 1 heterocycles. The van der Waals surface area contributed by atoms with Crippen LogP contribution >= 0.6 is 11.3 Å². The van der Waals surface area contributed by atoms with Crippen LogP contribution < -0.4 is 5.32 Å². The van der Waals surface area contributed by atoms with Gasteiger partial charge in [-0.2, -0.15) is 0 Å². The largest absolute Gasteiger partial charge is 0.384 e. The molecule has 1 rings (SSSR count). The minimum Gasteiger partial charge on any atom is -0.384 e. The monoisotopic (exact) mass is 279 g/mol. The van der Waals surface area contributed by atoms with Crippen LogP contribution in [-0.2, 0) is 0 Å². The second-order valence-corrected chi connectivity index (χ2v) is 5.37. The first-order chi connectivity index (χ1) is 9.10. The second kappa shape index (κ2) is 7.32. The van der Waals surface area contributed by atoms with Crippen molar-refractivity contribution in [2.24, 2.45) is 0 Å². The van der Waals surface area contributed by atoms with Gasteiger partial charge in [0.15, 0.2) is 0 Å². The van der Waals surface area contributed by atoms with Crippen molar-refractivity contribution < 1.29 is 9.90 Å². The number of hydrogen-bond acceptors (Lipinski definition) is 3. The number of aliphatic hydroxyl groups excluding tert-OH is 1. The van der Waals surface area contributed by atoms with Crippen molar-refractivity contribution in [2.75, 3.05) is 6.61 Å². The first-order valence-electron chi connectivity index (χ1n) is 6.61. The lowest BCUT2D eigenvalue weighted by Gasteiger charge is -2.31. The molecule has 2 N–H and O–H groups in total. The van der Waals surface area contributed by atoms with E-state index in [0.29, 0.717) is 5.56 Å². The van der Waals surface area contributed by atoms with Gasteiger partial charge in [-0.1, -0.05) is 32.6 Å². The Morgan fingerprint density at radius 2 is 2.00 bits per heavy atom. The number of carbonyl (C=O) groups is 1. The Balaban J connectivity index is 2.80. The van der Waals surface area contributed by atoms with E-state index >= 15 is 0 Å². The van der Waals surface area contributed by atoms with Gasteiger partial charge in [0.1, 0.15) is 6.61 Å². The lowest BCUT2D eigenvalue weighted by Crippen LogP contribution is -2.47. The van der Waals surface area contributed by atoms with Gasteiger partial charge in [-0.3, -0.25) is 4.79 Å². The van der Waals surface area contributed by atoms with Crippen LogP contribution in [-0.4, -0.2) is 23.2 Å². The fourth-order valence-electron chi connectivity index (χ4n) is 1.98. The maximum atomic E-state index is 12.2. The summed E-state index contributed by atoms with van der Waals surface area (Å²) in [5, 5.41) is 13.6. The molecule has 1 aromatic rings. The summed E-state index contributed by atoms with van der Waals surface area (Å²) in [5.74, 6) is 5.35. The lowest BCUT2D eigenvalue weighted by molar-refractivity contribution is 0.0888. The molecular weight excluding hydrogens is 258 g/mol. The summed E-state index contributed by atoms with van der Waals surface area (Å²) in [5.41, 5.74) is 0.530. The molecule has 0 atom stereocenters. The highest BCUT2D eigenvalue weighted by molar-refractivity contribution is 7.10. The van der Waals surface area contributed by atoms with E-state index in [1.165, 1.54) is 11.3 Å². The molecular formula is C15H21NO2S. The van der Waals surface area contributed by atoms with Gasteiger partial charge in [-0.15, -0.1) is 11.3 Å². The van der Waals surface area contributed by atoms with Gasteiger partial charge in [0.2, 0.25) is 0 Å². The molecule has 0 aliphatic heterocycles. The number of carbonyl (C=O) groups excluding carboxylic acids is 1. The highest BCUT2D eigenvalue weighted by Gasteiger charge is 2.26. The van der Waals surface area contributed by atoms with Crippen LogP contribution in [0.2, 0.25) is 0 Å². The van der Waals surface area contributed by atoms with Crippen molar-refractivity contribution in [2.45, 2.75) is 45.6 Å². The van der Waals surface area contributed by atoms with Gasteiger partial charge in [-0.25, -0.2) is 0 Å². The zero-order valence-corrected chi connectivity index (χ0v) is 12.6. The van der Waals surface area contributed by atoms with Gasteiger partial charge < -0.3 is 10.4 Å². The van der Waals surface area contributed by atoms with Crippen LogP contribution in [0.3, 0.4) is 0 Å². The smallest absolute Gasteiger partial charge is 0.252 e. The highest BCUT2D eigenvalue weighted by atomic mass is 32.1. The lowest BCUT2D eigenvalue weighted by atomic mass is 9.89. The summed E-state index contributed by atoms with van der Waals surface area (Å²) < 4.78 is 0. The minimum absolute atomic E-state index is 0.0427. The summed E-state index contributed by atoms with van der Waals surface area (Å²) in [6.45, 7) is 6.13. The van der Waals surface area contributed by atoms with Crippen LogP contribution in [0.5, 0.6) is 0 Å². The predicted molar refractivity (Wildman–Crippen MR) is 79.4 cm³/mol. The molecule has 0 radical (unpaired) electrons. The molecule has 0 spiro atoms. The zero-order valence-electron chi connectivity index (χ0n) is 11.7. The third-order valence-electron chi connectivity index (χ3n) is 3.56. The Bertz CT molecular complexity index is 470. The Morgan fingerprint density at radius 3 is 2.53 bits per heavy atom. The molecule has 0 bridgehead atoms. The van der Waals surface area contributed by atoms with Gasteiger partial charge in [-0.05, 0) is 25.3 Å². The topological polar surface area (TPSA) is 49.3 Å². The quantitative estimate of drug-likeness (QED) is 0.814. The number of nitrogens with one attached hydrogen (secondary N) is 1. The molecule has 104 valence electrons. The number of hydrogen-bond donors (Lipinski definition) is 2. The van der Waals surface area contributed by atoms with E-state index in [1.54, 1.807) is 6.07 Å². The van der Waals surface area contributed by atoms with Crippen molar-refractivity contribution in [3.63, 3.8) is 0 Å². The summed E-state index contributed by atoms with van der Waals surface area (Å²) in [7, 11) is 0. The van der Waals surface area contributed by atoms with E-state index in [4.69, 9.17) is 5.11 Å². The van der Waals surface area contributed by atoms with Crippen LogP contribution in [0.15, 0.2) is 11.4 Å². The fourth-order valence-corrected chi connectivity index (χ4v) is 2.73. The van der Waals surface area contributed by atoms with Crippen LogP contribution in [0, 0.1) is 11.8 Å². The first kappa shape index (κ1) is 15.7. The average Bonchev–Trinajstić information content (AvgIpc) is 2.91. The van der Waals surface area contributed by atoms with Crippen molar-refractivity contribution >= 4 is 17.2 Å². The normalized spacial score (nSPS) is 10.7. The van der Waals surface area contributed by atoms with Crippen LogP contribution in [0.4, 0.5) is 0 Å². The SMILES string of the molecule is CCC(CC)(CC)NC(=O)c1csc(C#CCO)c1. The average molecular weight is 279 g/mol. The number of thiophene rings is 1. The number of rotatable bonds is 5. The van der Waals surface area contributed by atoms with Crippen molar-refractivity contribution in [3.8, 4) is 11.8 Å². The van der Waals surface area contributed by atoms with E-state index < -0.39 is 0 Å². The molecule has 1 amide bonds. The summed E-state index contributed by atoms with van der Waals surface area (Å²) in [4.78, 5) is 13.0. The Labute approximate surface area is 119 Å². The molecule has 19 heavy (non-hydrogen) atoms. The van der Waals surface area contributed by atoms with E-state index in [9.17, 15) is 4.79 Å². The summed E-state index contributed by atoms with van der Waals surface area (Å²) in [6, 6.07) is 1.77. The minimum atomic E-state index is -0.163. The van der Waals surface area contributed by atoms with E-state index in [1.807, 2.05) is 5.38 Å². The fraction of sp³-hybridized carbons (Fsp3) is 0.533. The van der Waals surface area contributed by atoms with Gasteiger partial charge in [0.25, 0.3) is 5.91 Å². The molecule has 3 nitrogen and oxygen atoms in total. The molecule has 0 aliphatic carbocycles. The molecule has 0 saturated heterocycles. The molecule has 0 fully saturated rings. The number of aliphatic hydroxyl groups is 1. The third-order valence-corrected chi connectivity index (χ3v) is 4.41. The molecule has 0 aromatic carbocycles. The van der Waals surface area contributed by atoms with Crippen molar-refractivity contribution in [3.05, 3.63) is 21.9 Å². The van der Waals surface area contributed by atoms with Gasteiger partial charge in [0, 0.05) is 10.9 Å². The highest BCUT2D eigenvalue weighted by Crippen LogP contribution is 2.21. The number of amides is 1. The molecule has 4 heteroatoms. The summed E-state index contributed by atoms with van der Waals surface area (Å²) >= 11 is 1.42. The van der Waals surface area contributed by atoms with Crippen molar-refractivity contribution in [1.82, 2.24) is 5.32 Å². The van der Waals surface area contributed by atoms with Crippen LogP contribution in [0.1, 0.15) is 55.3 Å². The van der Waals surface area contributed by atoms with E-state index in [2.05, 4.69) is 37.9 Å². The Kier molecular flexibility index (Phi) is 6.07. The second-order valence-electron chi connectivity index (χ2n) is 4.45.